The van der Waals surface area contributed by atoms with E-state index in [-0.39, 0.29) is 33.3 Å². The smallest absolute Gasteiger partial charge is 0.383 e. The largest absolute Gasteiger partial charge is 2.00 e. The molecule has 0 spiro atoms. The minimum absolute atomic E-state index is 0. The Balaban J connectivity index is 0.00000120. The molecule has 0 saturated heterocycles. The Bertz CT molecular complexity index is 1060. The van der Waals surface area contributed by atoms with Crippen molar-refractivity contribution in [3.05, 3.63) is 50.3 Å². The molecule has 0 saturated carbocycles. The summed E-state index contributed by atoms with van der Waals surface area (Å²) < 4.78 is 5.88. The maximum absolute atomic E-state index is 8.25. The van der Waals surface area contributed by atoms with E-state index >= 15 is 0 Å². The third-order valence-corrected chi connectivity index (χ3v) is 5.39. The third-order valence-electron chi connectivity index (χ3n) is 5.39. The van der Waals surface area contributed by atoms with Gasteiger partial charge in [-0.3, -0.25) is 0 Å². The van der Waals surface area contributed by atoms with Gasteiger partial charge in [-0.1, -0.05) is 62.3 Å². The van der Waals surface area contributed by atoms with Crippen LogP contribution in [-0.2, 0) is 33.3 Å². The summed E-state index contributed by atoms with van der Waals surface area (Å²) in [5.74, 6) is 4.86. The molecule has 3 aromatic rings. The van der Waals surface area contributed by atoms with Crippen LogP contribution in [0.2, 0.25) is 0 Å². The van der Waals surface area contributed by atoms with E-state index in [4.69, 9.17) is 45.6 Å². The van der Waals surface area contributed by atoms with E-state index in [2.05, 4.69) is 62.3 Å². The minimum atomic E-state index is -1.75. The van der Waals surface area contributed by atoms with Crippen molar-refractivity contribution >= 4 is 7.12 Å². The van der Waals surface area contributed by atoms with Crippen molar-refractivity contribution in [2.24, 2.45) is 0 Å². The molecule has 36 heavy (non-hydrogen) atoms. The molecule has 0 aliphatic heterocycles. The molecule has 13 nitrogen and oxygen atoms in total. The van der Waals surface area contributed by atoms with E-state index in [0.29, 0.717) is 0 Å². The predicted octanol–water partition coefficient (Wildman–Crippen LogP) is 2.70. The van der Waals surface area contributed by atoms with Gasteiger partial charge in [0.15, 0.2) is 17.5 Å². The molecule has 0 aromatic carbocycles. The van der Waals surface area contributed by atoms with E-state index in [1.165, 1.54) is 0 Å². The van der Waals surface area contributed by atoms with Crippen molar-refractivity contribution in [2.75, 3.05) is 0 Å². The van der Waals surface area contributed by atoms with Gasteiger partial charge in [-0.25, -0.2) is 15.0 Å². The zero-order chi connectivity index (χ0) is 27.1. The van der Waals surface area contributed by atoms with E-state index in [1.807, 2.05) is 34.5 Å². The number of aromatic nitrogens is 9. The number of hydrogen-bond acceptors (Lipinski definition) is 9. The van der Waals surface area contributed by atoms with Crippen LogP contribution in [0.15, 0.2) is 0 Å². The van der Waals surface area contributed by atoms with E-state index in [0.717, 1.165) is 34.9 Å². The molecule has 3 heterocycles. The average molecular weight is 552 g/mol. The Morgan fingerprint density at radius 2 is 0.806 bits per heavy atom. The molecule has 15 heteroatoms. The van der Waals surface area contributed by atoms with Gasteiger partial charge in [0.25, 0.3) is 0 Å². The first-order valence-corrected chi connectivity index (χ1v) is 11.5. The second-order valence-electron chi connectivity index (χ2n) is 11.8. The van der Waals surface area contributed by atoms with Crippen LogP contribution in [-0.4, -0.2) is 56.2 Å². The maximum Gasteiger partial charge on any atom is 2.00 e. The Kier molecular flexibility index (Phi) is 9.26. The SMILES string of the molecule is Cc1nc(C(C)(C)C)nn1[BH-](n1nc(C(C)(C)C)nc1C)n1nc(C(C)(C)C)nc1C.O=[N+]([O-])[O-].[Cu+2]. The summed E-state index contributed by atoms with van der Waals surface area (Å²) in [6.45, 7) is 25.0. The molecule has 0 amide bonds. The van der Waals surface area contributed by atoms with Gasteiger partial charge >= 0.3 is 24.2 Å². The fourth-order valence-corrected chi connectivity index (χ4v) is 3.40. The van der Waals surface area contributed by atoms with Crippen molar-refractivity contribution < 1.29 is 22.2 Å². The van der Waals surface area contributed by atoms with Crippen LogP contribution in [0.5, 0.6) is 0 Å². The summed E-state index contributed by atoms with van der Waals surface area (Å²) in [5.41, 5.74) is -0.494. The van der Waals surface area contributed by atoms with E-state index < -0.39 is 12.2 Å². The van der Waals surface area contributed by atoms with Crippen LogP contribution < -0.4 is 0 Å². The predicted molar refractivity (Wildman–Crippen MR) is 134 cm³/mol. The summed E-state index contributed by atoms with van der Waals surface area (Å²) in [5, 5.41) is 29.5. The molecule has 0 N–H and O–H groups in total. The van der Waals surface area contributed by atoms with Crippen molar-refractivity contribution in [2.45, 2.75) is 99.3 Å². The molecule has 3 aromatic heterocycles. The van der Waals surface area contributed by atoms with Crippen LogP contribution in [0.4, 0.5) is 0 Å². The van der Waals surface area contributed by atoms with Gasteiger partial charge in [-0.15, -0.1) is 0 Å². The van der Waals surface area contributed by atoms with Gasteiger partial charge in [0.2, 0.25) is 0 Å². The zero-order valence-electron chi connectivity index (χ0n) is 23.2. The van der Waals surface area contributed by atoms with E-state index in [1.54, 1.807) is 0 Å². The van der Waals surface area contributed by atoms with Crippen LogP contribution in [0.3, 0.4) is 0 Å². The van der Waals surface area contributed by atoms with Crippen molar-refractivity contribution in [3.8, 4) is 0 Å². The second-order valence-corrected chi connectivity index (χ2v) is 11.8. The van der Waals surface area contributed by atoms with Gasteiger partial charge in [0.05, 0.1) is 22.6 Å². The van der Waals surface area contributed by atoms with Crippen LogP contribution in [0.25, 0.3) is 0 Å². The first kappa shape index (κ1) is 31.2. The molecule has 0 atom stereocenters. The van der Waals surface area contributed by atoms with Crippen LogP contribution >= 0.6 is 0 Å². The molecule has 203 valence electrons. The first-order valence-electron chi connectivity index (χ1n) is 11.5. The molecule has 0 aliphatic carbocycles. The normalized spacial score (nSPS) is 12.2. The zero-order valence-corrected chi connectivity index (χ0v) is 24.1. The summed E-state index contributed by atoms with van der Waals surface area (Å²) in [6, 6.07) is 0. The molecule has 0 aliphatic rings. The van der Waals surface area contributed by atoms with Gasteiger partial charge in [0, 0.05) is 16.2 Å². The summed E-state index contributed by atoms with van der Waals surface area (Å²) in [4.78, 5) is 22.6. The quantitative estimate of drug-likeness (QED) is 0.271. The molecular formula is C21H37BCuN10O3. The minimum Gasteiger partial charge on any atom is -0.383 e. The Labute approximate surface area is 222 Å². The van der Waals surface area contributed by atoms with Crippen molar-refractivity contribution in [3.63, 3.8) is 0 Å². The Morgan fingerprint density at radius 1 is 0.611 bits per heavy atom. The Morgan fingerprint density at radius 3 is 0.944 bits per heavy atom. The van der Waals surface area contributed by atoms with Crippen LogP contribution in [0.1, 0.15) is 97.3 Å². The van der Waals surface area contributed by atoms with Crippen molar-refractivity contribution in [1.82, 2.24) is 44.0 Å². The molecule has 0 bridgehead atoms. The number of rotatable bonds is 3. The van der Waals surface area contributed by atoms with Crippen LogP contribution in [0, 0.1) is 36.1 Å². The fourth-order valence-electron chi connectivity index (χ4n) is 3.40. The molecule has 0 unspecified atom stereocenters. The van der Waals surface area contributed by atoms with Gasteiger partial charge < -0.3 is 29.1 Å². The number of nitrogens with zero attached hydrogens (tertiary/aromatic N) is 10. The monoisotopic (exact) mass is 551 g/mol. The van der Waals surface area contributed by atoms with E-state index in [9.17, 15) is 0 Å². The van der Waals surface area contributed by atoms with Crippen molar-refractivity contribution in [1.29, 1.82) is 0 Å². The molecule has 1 radical (unpaired) electrons. The topological polar surface area (TPSA) is 158 Å². The number of aryl methyl sites for hydroxylation is 3. The van der Waals surface area contributed by atoms with Gasteiger partial charge in [0.1, 0.15) is 0 Å². The Hall–Kier alpha value is -2.80. The average Bonchev–Trinajstić information content (AvgIpc) is 3.33. The van der Waals surface area contributed by atoms with Gasteiger partial charge in [-0.05, 0) is 20.8 Å². The number of hydrogen-bond donors (Lipinski definition) is 0. The third kappa shape index (κ3) is 7.13. The van der Waals surface area contributed by atoms with Gasteiger partial charge in [-0.2, -0.15) is 15.3 Å². The first-order chi connectivity index (χ1) is 15.7. The summed E-state index contributed by atoms with van der Waals surface area (Å²) in [7, 11) is -1.61. The molecule has 3 rings (SSSR count). The maximum atomic E-state index is 8.25. The molecular weight excluding hydrogens is 515 g/mol. The molecule has 0 fully saturated rings. The standard InChI is InChI=1S/C21H37BN9.Cu.NO3/c1-13-23-16(19(4,5)6)26-29(13)22(30-14(2)24-17(27-30)20(7,8)9)31-15(3)25-18(28-31)21(10,11)12;;2-1(3)4/h22H,1-12H3;;/q-1;+2;-1. The second kappa shape index (κ2) is 10.7. The summed E-state index contributed by atoms with van der Waals surface area (Å²) >= 11 is 0. The summed E-state index contributed by atoms with van der Waals surface area (Å²) in [6.07, 6.45) is 0. The fraction of sp³-hybridized carbons (Fsp3) is 0.714.